The maximum Gasteiger partial charge on any atom is 0.342 e. The van der Waals surface area contributed by atoms with Crippen LogP contribution in [0, 0.1) is 5.92 Å². The molecule has 0 radical (unpaired) electrons. The van der Waals surface area contributed by atoms with Gasteiger partial charge in [-0.15, -0.1) is 0 Å². The Hall–Kier alpha value is -3.42. The van der Waals surface area contributed by atoms with Crippen LogP contribution in [0.25, 0.3) is 0 Å². The van der Waals surface area contributed by atoms with Crippen molar-refractivity contribution in [3.05, 3.63) is 47.5 Å². The molecule has 0 aromatic heterocycles. The van der Waals surface area contributed by atoms with Crippen LogP contribution in [0.1, 0.15) is 35.8 Å². The van der Waals surface area contributed by atoms with E-state index < -0.39 is 18.5 Å². The van der Waals surface area contributed by atoms with E-state index in [1.807, 2.05) is 32.0 Å². The molecule has 0 saturated carbocycles. The van der Waals surface area contributed by atoms with Crippen molar-refractivity contribution in [2.24, 2.45) is 5.92 Å². The predicted octanol–water partition coefficient (Wildman–Crippen LogP) is 2.84. The molecule has 0 fully saturated rings. The number of esters is 1. The summed E-state index contributed by atoms with van der Waals surface area (Å²) in [5.74, 6) is 0.262. The van der Waals surface area contributed by atoms with Gasteiger partial charge in [0.15, 0.2) is 18.1 Å². The molecule has 0 unspecified atom stereocenters. The van der Waals surface area contributed by atoms with Gasteiger partial charge in [0, 0.05) is 6.07 Å². The zero-order chi connectivity index (χ0) is 21.7. The lowest BCUT2D eigenvalue weighted by Gasteiger charge is -2.25. The highest BCUT2D eigenvalue weighted by atomic mass is 16.6. The smallest absolute Gasteiger partial charge is 0.342 e. The standard InChI is InChI=1S/C22H25NO7/c1-13(2)21(14-4-7-18-19(10-14)29-9-8-28-18)23-20(25)12-30-22(26)16-6-5-15(27-3)11-17(16)24/h4-7,10-11,13,21,24H,8-9,12H2,1-3H3,(H,23,25)/t21-/m0/s1. The van der Waals surface area contributed by atoms with Gasteiger partial charge in [0.05, 0.1) is 13.2 Å². The van der Waals surface area contributed by atoms with Gasteiger partial charge < -0.3 is 29.4 Å². The molecular weight excluding hydrogens is 390 g/mol. The highest BCUT2D eigenvalue weighted by Crippen LogP contribution is 2.34. The van der Waals surface area contributed by atoms with Crippen molar-refractivity contribution in [3.63, 3.8) is 0 Å². The zero-order valence-corrected chi connectivity index (χ0v) is 17.1. The minimum absolute atomic E-state index is 0.0455. The van der Waals surface area contributed by atoms with Crippen molar-refractivity contribution < 1.29 is 33.6 Å². The Morgan fingerprint density at radius 3 is 2.50 bits per heavy atom. The second-order valence-corrected chi connectivity index (χ2v) is 7.15. The fourth-order valence-electron chi connectivity index (χ4n) is 3.12. The van der Waals surface area contributed by atoms with Gasteiger partial charge in [0.25, 0.3) is 5.91 Å². The number of hydrogen-bond acceptors (Lipinski definition) is 7. The second kappa shape index (κ2) is 9.39. The van der Waals surface area contributed by atoms with Gasteiger partial charge >= 0.3 is 5.97 Å². The third-order valence-electron chi connectivity index (χ3n) is 4.67. The third-order valence-corrected chi connectivity index (χ3v) is 4.67. The number of methoxy groups -OCH3 is 1. The molecule has 2 aromatic rings. The van der Waals surface area contributed by atoms with E-state index in [1.54, 1.807) is 0 Å². The molecule has 30 heavy (non-hydrogen) atoms. The van der Waals surface area contributed by atoms with Crippen LogP contribution in [-0.4, -0.2) is 43.9 Å². The van der Waals surface area contributed by atoms with Crippen LogP contribution in [0.2, 0.25) is 0 Å². The number of amides is 1. The first-order valence-corrected chi connectivity index (χ1v) is 9.62. The number of aromatic hydroxyl groups is 1. The molecule has 1 atom stereocenters. The minimum Gasteiger partial charge on any atom is -0.507 e. The van der Waals surface area contributed by atoms with Crippen molar-refractivity contribution in [1.82, 2.24) is 5.32 Å². The van der Waals surface area contributed by atoms with E-state index >= 15 is 0 Å². The molecule has 1 aliphatic heterocycles. The van der Waals surface area contributed by atoms with Gasteiger partial charge in [-0.1, -0.05) is 19.9 Å². The first-order valence-electron chi connectivity index (χ1n) is 9.62. The van der Waals surface area contributed by atoms with Crippen molar-refractivity contribution >= 4 is 11.9 Å². The Balaban J connectivity index is 1.62. The van der Waals surface area contributed by atoms with E-state index in [0.29, 0.717) is 30.5 Å². The van der Waals surface area contributed by atoms with Crippen molar-refractivity contribution in [2.45, 2.75) is 19.9 Å². The molecule has 0 aliphatic carbocycles. The summed E-state index contributed by atoms with van der Waals surface area (Å²) in [4.78, 5) is 24.6. The molecule has 2 aromatic carbocycles. The fourth-order valence-corrected chi connectivity index (χ4v) is 3.12. The van der Waals surface area contributed by atoms with Gasteiger partial charge in [-0.05, 0) is 35.7 Å². The highest BCUT2D eigenvalue weighted by Gasteiger charge is 2.22. The van der Waals surface area contributed by atoms with E-state index in [4.69, 9.17) is 18.9 Å². The highest BCUT2D eigenvalue weighted by molar-refractivity contribution is 5.94. The summed E-state index contributed by atoms with van der Waals surface area (Å²) in [6.45, 7) is 4.46. The minimum atomic E-state index is -0.800. The molecule has 0 spiro atoms. The Bertz CT molecular complexity index is 926. The van der Waals surface area contributed by atoms with Crippen LogP contribution in [0.3, 0.4) is 0 Å². The molecule has 0 bridgehead atoms. The first kappa shape index (κ1) is 21.3. The zero-order valence-electron chi connectivity index (χ0n) is 17.1. The topological polar surface area (TPSA) is 103 Å². The predicted molar refractivity (Wildman–Crippen MR) is 108 cm³/mol. The SMILES string of the molecule is COc1ccc(C(=O)OCC(=O)N[C@H](c2ccc3c(c2)OCCO3)C(C)C)c(O)c1. The molecular formula is C22H25NO7. The lowest BCUT2D eigenvalue weighted by molar-refractivity contribution is -0.125. The summed E-state index contributed by atoms with van der Waals surface area (Å²) in [6.07, 6.45) is 0. The summed E-state index contributed by atoms with van der Waals surface area (Å²) >= 11 is 0. The summed E-state index contributed by atoms with van der Waals surface area (Å²) in [7, 11) is 1.45. The summed E-state index contributed by atoms with van der Waals surface area (Å²) in [5.41, 5.74) is 0.817. The molecule has 2 N–H and O–H groups in total. The Morgan fingerprint density at radius 2 is 1.83 bits per heavy atom. The van der Waals surface area contributed by atoms with Crippen LogP contribution in [0.15, 0.2) is 36.4 Å². The van der Waals surface area contributed by atoms with Crippen LogP contribution < -0.4 is 19.5 Å². The number of ether oxygens (including phenoxy) is 4. The lowest BCUT2D eigenvalue weighted by atomic mass is 9.95. The van der Waals surface area contributed by atoms with E-state index in [-0.39, 0.29) is 23.3 Å². The molecule has 0 saturated heterocycles. The van der Waals surface area contributed by atoms with Crippen LogP contribution in [-0.2, 0) is 9.53 Å². The van der Waals surface area contributed by atoms with Gasteiger partial charge in [0.2, 0.25) is 0 Å². The summed E-state index contributed by atoms with van der Waals surface area (Å²) < 4.78 is 21.2. The molecule has 160 valence electrons. The monoisotopic (exact) mass is 415 g/mol. The van der Waals surface area contributed by atoms with Gasteiger partial charge in [-0.2, -0.15) is 0 Å². The van der Waals surface area contributed by atoms with Crippen LogP contribution in [0.5, 0.6) is 23.0 Å². The van der Waals surface area contributed by atoms with E-state index in [9.17, 15) is 14.7 Å². The average Bonchev–Trinajstić information content (AvgIpc) is 2.75. The molecule has 3 rings (SSSR count). The Morgan fingerprint density at radius 1 is 1.10 bits per heavy atom. The molecule has 1 aliphatic rings. The largest absolute Gasteiger partial charge is 0.507 e. The van der Waals surface area contributed by atoms with Crippen molar-refractivity contribution in [3.8, 4) is 23.0 Å². The summed E-state index contributed by atoms with van der Waals surface area (Å²) in [5, 5.41) is 12.8. The van der Waals surface area contributed by atoms with E-state index in [0.717, 1.165) is 5.56 Å². The number of fused-ring (bicyclic) bond motifs is 1. The maximum absolute atomic E-state index is 12.4. The Kier molecular flexibility index (Phi) is 6.66. The quantitative estimate of drug-likeness (QED) is 0.670. The number of carbonyl (C=O) groups is 2. The molecule has 8 nitrogen and oxygen atoms in total. The number of phenolic OH excluding ortho intramolecular Hbond substituents is 1. The number of benzene rings is 2. The van der Waals surface area contributed by atoms with Crippen LogP contribution >= 0.6 is 0 Å². The Labute approximate surface area is 174 Å². The first-order chi connectivity index (χ1) is 14.4. The third kappa shape index (κ3) is 4.94. The number of nitrogens with one attached hydrogen (secondary N) is 1. The molecule has 8 heteroatoms. The fraction of sp³-hybridized carbons (Fsp3) is 0.364. The average molecular weight is 415 g/mol. The number of phenols is 1. The lowest BCUT2D eigenvalue weighted by Crippen LogP contribution is -2.35. The second-order valence-electron chi connectivity index (χ2n) is 7.15. The van der Waals surface area contributed by atoms with Crippen molar-refractivity contribution in [1.29, 1.82) is 0 Å². The normalized spacial score (nSPS) is 13.5. The molecule has 1 heterocycles. The van der Waals surface area contributed by atoms with Crippen molar-refractivity contribution in [2.75, 3.05) is 26.9 Å². The number of hydrogen-bond donors (Lipinski definition) is 2. The number of rotatable bonds is 7. The van der Waals surface area contributed by atoms with Crippen LogP contribution in [0.4, 0.5) is 0 Å². The summed E-state index contributed by atoms with van der Waals surface area (Å²) in [6, 6.07) is 9.43. The van der Waals surface area contributed by atoms with E-state index in [1.165, 1.54) is 25.3 Å². The van der Waals surface area contributed by atoms with E-state index in [2.05, 4.69) is 5.32 Å². The number of carbonyl (C=O) groups excluding carboxylic acids is 2. The van der Waals surface area contributed by atoms with Gasteiger partial charge in [-0.3, -0.25) is 4.79 Å². The molecule has 1 amide bonds. The maximum atomic E-state index is 12.4. The van der Waals surface area contributed by atoms with Gasteiger partial charge in [-0.25, -0.2) is 4.79 Å². The van der Waals surface area contributed by atoms with Gasteiger partial charge in [0.1, 0.15) is 30.3 Å².